The van der Waals surface area contributed by atoms with Gasteiger partial charge in [-0.2, -0.15) is 0 Å². The summed E-state index contributed by atoms with van der Waals surface area (Å²) in [7, 11) is 1.59. The number of carboxylic acids is 1. The number of ether oxygens (including phenoxy) is 1. The van der Waals surface area contributed by atoms with Gasteiger partial charge in [0, 0.05) is 12.7 Å². The van der Waals surface area contributed by atoms with Gasteiger partial charge >= 0.3 is 5.97 Å². The number of pyridine rings is 1. The Bertz CT molecular complexity index is 636. The van der Waals surface area contributed by atoms with Crippen molar-refractivity contribution in [1.29, 1.82) is 0 Å². The lowest BCUT2D eigenvalue weighted by molar-refractivity contribution is 0.0689. The average Bonchev–Trinajstić information content (AvgIpc) is 2.53. The molecule has 1 aromatic heterocycles. The van der Waals surface area contributed by atoms with Crippen LogP contribution in [0, 0.1) is 0 Å². The molecule has 6 nitrogen and oxygen atoms in total. The van der Waals surface area contributed by atoms with E-state index < -0.39 is 5.97 Å². The highest BCUT2D eigenvalue weighted by atomic mass is 16.5. The van der Waals surface area contributed by atoms with Crippen molar-refractivity contribution in [2.24, 2.45) is 0 Å². The van der Waals surface area contributed by atoms with Crippen molar-refractivity contribution in [3.63, 3.8) is 0 Å². The molecule has 0 spiro atoms. The predicted octanol–water partition coefficient (Wildman–Crippen LogP) is 1.72. The molecule has 1 aromatic carbocycles. The van der Waals surface area contributed by atoms with Gasteiger partial charge in [-0.25, -0.2) is 9.78 Å². The number of aromatic nitrogens is 1. The van der Waals surface area contributed by atoms with Gasteiger partial charge in [-0.1, -0.05) is 12.1 Å². The lowest BCUT2D eigenvalue weighted by Gasteiger charge is -2.06. The summed E-state index contributed by atoms with van der Waals surface area (Å²) in [5.74, 6) is -0.686. The quantitative estimate of drug-likeness (QED) is 0.873. The molecule has 0 aliphatic rings. The molecule has 108 valence electrons. The molecule has 0 unspecified atom stereocenters. The molecule has 1 heterocycles. The number of nitrogens with zero attached hydrogens (tertiary/aromatic N) is 1. The van der Waals surface area contributed by atoms with Gasteiger partial charge in [0.2, 0.25) is 0 Å². The summed E-state index contributed by atoms with van der Waals surface area (Å²) in [5.41, 5.74) is 1.15. The summed E-state index contributed by atoms with van der Waals surface area (Å²) in [4.78, 5) is 26.3. The number of hydrogen-bond donors (Lipinski definition) is 2. The van der Waals surface area contributed by atoms with Crippen LogP contribution in [0.5, 0.6) is 5.75 Å². The van der Waals surface area contributed by atoms with Crippen LogP contribution in [0.25, 0.3) is 0 Å². The van der Waals surface area contributed by atoms with E-state index in [9.17, 15) is 9.59 Å². The third-order valence-electron chi connectivity index (χ3n) is 2.86. The molecule has 21 heavy (non-hydrogen) atoms. The van der Waals surface area contributed by atoms with Crippen molar-refractivity contribution in [2.75, 3.05) is 7.11 Å². The lowest BCUT2D eigenvalue weighted by atomic mass is 10.2. The topological polar surface area (TPSA) is 88.5 Å². The van der Waals surface area contributed by atoms with Gasteiger partial charge in [0.1, 0.15) is 11.4 Å². The van der Waals surface area contributed by atoms with Crippen LogP contribution >= 0.6 is 0 Å². The molecule has 6 heteroatoms. The van der Waals surface area contributed by atoms with Crippen molar-refractivity contribution >= 4 is 11.9 Å². The first-order valence-corrected chi connectivity index (χ1v) is 6.20. The second-order valence-electron chi connectivity index (χ2n) is 4.27. The van der Waals surface area contributed by atoms with Crippen molar-refractivity contribution in [3.8, 4) is 5.75 Å². The van der Waals surface area contributed by atoms with Gasteiger partial charge in [-0.05, 0) is 29.8 Å². The highest BCUT2D eigenvalue weighted by Crippen LogP contribution is 2.11. The minimum Gasteiger partial charge on any atom is -0.497 e. The zero-order chi connectivity index (χ0) is 15.2. The van der Waals surface area contributed by atoms with E-state index in [1.165, 1.54) is 18.3 Å². The maximum Gasteiger partial charge on any atom is 0.354 e. The van der Waals surface area contributed by atoms with Gasteiger partial charge in [0.15, 0.2) is 0 Å². The monoisotopic (exact) mass is 286 g/mol. The number of carbonyl (C=O) groups is 2. The van der Waals surface area contributed by atoms with E-state index in [4.69, 9.17) is 9.84 Å². The van der Waals surface area contributed by atoms with Crippen LogP contribution in [0.15, 0.2) is 42.6 Å². The van der Waals surface area contributed by atoms with E-state index in [-0.39, 0.29) is 11.6 Å². The van der Waals surface area contributed by atoms with Crippen LogP contribution in [0.1, 0.15) is 26.4 Å². The predicted molar refractivity (Wildman–Crippen MR) is 75.4 cm³/mol. The van der Waals surface area contributed by atoms with Gasteiger partial charge in [0.05, 0.1) is 12.7 Å². The Morgan fingerprint density at radius 3 is 2.43 bits per heavy atom. The number of methoxy groups -OCH3 is 1. The van der Waals surface area contributed by atoms with Crippen molar-refractivity contribution in [2.45, 2.75) is 6.54 Å². The number of carboxylic acid groups (broad SMARTS) is 1. The number of aromatic carboxylic acids is 1. The fraction of sp³-hybridized carbons (Fsp3) is 0.133. The minimum absolute atomic E-state index is 0.0956. The SMILES string of the molecule is COc1ccc(CNC(=O)c2ccc(C(=O)O)nc2)cc1. The normalized spacial score (nSPS) is 9.95. The summed E-state index contributed by atoms with van der Waals surface area (Å²) in [6.45, 7) is 0.365. The highest BCUT2D eigenvalue weighted by Gasteiger charge is 2.08. The number of amides is 1. The molecule has 0 aliphatic heterocycles. The first-order valence-electron chi connectivity index (χ1n) is 6.20. The van der Waals surface area contributed by atoms with E-state index in [1.54, 1.807) is 7.11 Å². The maximum absolute atomic E-state index is 11.9. The number of rotatable bonds is 5. The zero-order valence-electron chi connectivity index (χ0n) is 11.4. The van der Waals surface area contributed by atoms with E-state index in [0.29, 0.717) is 12.1 Å². The number of benzene rings is 1. The smallest absolute Gasteiger partial charge is 0.354 e. The Morgan fingerprint density at radius 2 is 1.90 bits per heavy atom. The fourth-order valence-corrected chi connectivity index (χ4v) is 1.68. The fourth-order valence-electron chi connectivity index (χ4n) is 1.68. The first-order chi connectivity index (χ1) is 10.1. The third-order valence-corrected chi connectivity index (χ3v) is 2.86. The Kier molecular flexibility index (Phi) is 4.50. The summed E-state index contributed by atoms with van der Waals surface area (Å²) in [6.07, 6.45) is 1.24. The Morgan fingerprint density at radius 1 is 1.19 bits per heavy atom. The summed E-state index contributed by atoms with van der Waals surface area (Å²) in [5, 5.41) is 11.5. The lowest BCUT2D eigenvalue weighted by Crippen LogP contribution is -2.23. The standard InChI is InChI=1S/C15H14N2O4/c1-21-12-5-2-10(3-6-12)8-17-14(18)11-4-7-13(15(19)20)16-9-11/h2-7,9H,8H2,1H3,(H,17,18)(H,19,20). The van der Waals surface area contributed by atoms with Gasteiger partial charge < -0.3 is 15.2 Å². The van der Waals surface area contributed by atoms with Gasteiger partial charge in [-0.3, -0.25) is 4.79 Å². The van der Waals surface area contributed by atoms with Crippen LogP contribution in [0.2, 0.25) is 0 Å². The second-order valence-corrected chi connectivity index (χ2v) is 4.27. The molecule has 0 bridgehead atoms. The third kappa shape index (κ3) is 3.79. The molecule has 2 aromatic rings. The van der Waals surface area contributed by atoms with E-state index in [1.807, 2.05) is 24.3 Å². The van der Waals surface area contributed by atoms with Crippen LogP contribution < -0.4 is 10.1 Å². The minimum atomic E-state index is -1.12. The van der Waals surface area contributed by atoms with Crippen molar-refractivity contribution in [1.82, 2.24) is 10.3 Å². The molecule has 2 rings (SSSR count). The summed E-state index contributed by atoms with van der Waals surface area (Å²) < 4.78 is 5.05. The first kappa shape index (κ1) is 14.5. The molecule has 0 fully saturated rings. The molecular weight excluding hydrogens is 272 g/mol. The second kappa shape index (κ2) is 6.51. The van der Waals surface area contributed by atoms with E-state index in [0.717, 1.165) is 11.3 Å². The number of nitrogens with one attached hydrogen (secondary N) is 1. The average molecular weight is 286 g/mol. The number of hydrogen-bond acceptors (Lipinski definition) is 4. The molecule has 0 radical (unpaired) electrons. The maximum atomic E-state index is 11.9. The molecule has 0 saturated carbocycles. The number of carbonyl (C=O) groups excluding carboxylic acids is 1. The molecule has 2 N–H and O–H groups in total. The Hall–Kier alpha value is -2.89. The largest absolute Gasteiger partial charge is 0.497 e. The van der Waals surface area contributed by atoms with Gasteiger partial charge in [0.25, 0.3) is 5.91 Å². The Balaban J connectivity index is 1.95. The molecule has 1 amide bonds. The van der Waals surface area contributed by atoms with Crippen LogP contribution in [0.3, 0.4) is 0 Å². The van der Waals surface area contributed by atoms with Gasteiger partial charge in [-0.15, -0.1) is 0 Å². The van der Waals surface area contributed by atoms with Crippen molar-refractivity contribution < 1.29 is 19.4 Å². The summed E-state index contributed by atoms with van der Waals surface area (Å²) >= 11 is 0. The highest BCUT2D eigenvalue weighted by molar-refractivity contribution is 5.94. The van der Waals surface area contributed by atoms with E-state index >= 15 is 0 Å². The van der Waals surface area contributed by atoms with E-state index in [2.05, 4.69) is 10.3 Å². The Labute approximate surface area is 121 Å². The van der Waals surface area contributed by atoms with Crippen molar-refractivity contribution in [3.05, 3.63) is 59.4 Å². The van der Waals surface area contributed by atoms with Crippen LogP contribution in [0.4, 0.5) is 0 Å². The zero-order valence-corrected chi connectivity index (χ0v) is 11.4. The molecule has 0 aliphatic carbocycles. The van der Waals surface area contributed by atoms with Crippen LogP contribution in [-0.4, -0.2) is 29.1 Å². The van der Waals surface area contributed by atoms with Crippen LogP contribution in [-0.2, 0) is 6.54 Å². The molecular formula is C15H14N2O4. The molecule has 0 atom stereocenters. The molecule has 0 saturated heterocycles. The summed E-state index contributed by atoms with van der Waals surface area (Å²) in [6, 6.07) is 10.1.